The van der Waals surface area contributed by atoms with E-state index in [0.717, 1.165) is 27.9 Å². The quantitative estimate of drug-likeness (QED) is 0.776. The van der Waals surface area contributed by atoms with Crippen molar-refractivity contribution in [2.45, 2.75) is 6.54 Å². The molecule has 0 aliphatic rings. The summed E-state index contributed by atoms with van der Waals surface area (Å²) < 4.78 is 0. The number of pyridine rings is 1. The molecule has 4 nitrogen and oxygen atoms in total. The minimum absolute atomic E-state index is 0.404. The minimum atomic E-state index is 0.404. The average molecular weight is 285 g/mol. The monoisotopic (exact) mass is 284 g/mol. The van der Waals surface area contributed by atoms with E-state index < -0.39 is 0 Å². The summed E-state index contributed by atoms with van der Waals surface area (Å²) in [5.74, 6) is 0. The number of rotatable bonds is 3. The fraction of sp³-hybridized carbons (Fsp3) is 0.0667. The molecule has 0 spiro atoms. The van der Waals surface area contributed by atoms with Crippen molar-refractivity contribution in [1.82, 2.24) is 15.2 Å². The summed E-state index contributed by atoms with van der Waals surface area (Å²) in [6.45, 7) is 0.404. The molecule has 2 aromatic heterocycles. The van der Waals surface area contributed by atoms with Crippen LogP contribution in [0, 0.1) is 0 Å². The van der Waals surface area contributed by atoms with Crippen LogP contribution in [0.4, 0.5) is 0 Å². The third-order valence-corrected chi connectivity index (χ3v) is 3.54. The molecule has 1 aromatic carbocycles. The number of aromatic amines is 1. The molecular weight excluding hydrogens is 272 g/mol. The molecule has 0 amide bonds. The van der Waals surface area contributed by atoms with Gasteiger partial charge >= 0.3 is 0 Å². The summed E-state index contributed by atoms with van der Waals surface area (Å²) in [6, 6.07) is 9.68. The largest absolute Gasteiger partial charge is 0.326 e. The Bertz CT molecular complexity index is 722. The Morgan fingerprint density at radius 3 is 2.65 bits per heavy atom. The van der Waals surface area contributed by atoms with Crippen LogP contribution in [0.1, 0.15) is 5.56 Å². The number of nitrogens with zero attached hydrogens (tertiary/aromatic N) is 2. The van der Waals surface area contributed by atoms with E-state index in [1.165, 1.54) is 0 Å². The number of halogens is 1. The topological polar surface area (TPSA) is 67.6 Å². The molecule has 100 valence electrons. The summed E-state index contributed by atoms with van der Waals surface area (Å²) in [7, 11) is 0. The normalized spacial score (nSPS) is 10.7. The number of benzene rings is 1. The Hall–Kier alpha value is -2.17. The van der Waals surface area contributed by atoms with Crippen LogP contribution in [-0.4, -0.2) is 15.2 Å². The second-order valence-electron chi connectivity index (χ2n) is 4.39. The first-order chi connectivity index (χ1) is 9.79. The zero-order valence-electron chi connectivity index (χ0n) is 10.7. The summed E-state index contributed by atoms with van der Waals surface area (Å²) in [5, 5.41) is 7.93. The third kappa shape index (κ3) is 2.31. The lowest BCUT2D eigenvalue weighted by molar-refractivity contribution is 1.07. The molecule has 0 aliphatic heterocycles. The van der Waals surface area contributed by atoms with Crippen LogP contribution in [0.15, 0.2) is 48.9 Å². The minimum Gasteiger partial charge on any atom is -0.326 e. The molecular formula is C15H13ClN4. The van der Waals surface area contributed by atoms with Crippen molar-refractivity contribution in [2.75, 3.05) is 0 Å². The van der Waals surface area contributed by atoms with E-state index in [-0.39, 0.29) is 0 Å². The van der Waals surface area contributed by atoms with Gasteiger partial charge in [-0.25, -0.2) is 0 Å². The predicted molar refractivity (Wildman–Crippen MR) is 80.2 cm³/mol. The van der Waals surface area contributed by atoms with Gasteiger partial charge in [0.1, 0.15) is 0 Å². The molecule has 0 bridgehead atoms. The van der Waals surface area contributed by atoms with E-state index in [1.807, 2.05) is 36.5 Å². The average Bonchev–Trinajstić information content (AvgIpc) is 2.98. The van der Waals surface area contributed by atoms with Gasteiger partial charge in [0.2, 0.25) is 0 Å². The Kier molecular flexibility index (Phi) is 3.50. The molecule has 2 heterocycles. The maximum atomic E-state index is 6.10. The van der Waals surface area contributed by atoms with Crippen LogP contribution in [0.5, 0.6) is 0 Å². The van der Waals surface area contributed by atoms with Gasteiger partial charge in [-0.05, 0) is 35.4 Å². The fourth-order valence-corrected chi connectivity index (χ4v) is 2.33. The maximum absolute atomic E-state index is 6.10. The maximum Gasteiger partial charge on any atom is 0.0999 e. The number of H-pyrrole nitrogens is 1. The standard InChI is InChI=1S/C15H13ClN4/c16-14-2-1-11(7-12(14)8-17)15-13(9-19-20-15)10-3-5-18-6-4-10/h1-7,9H,8,17H2,(H,19,20). The van der Waals surface area contributed by atoms with Gasteiger partial charge in [0.05, 0.1) is 5.69 Å². The van der Waals surface area contributed by atoms with Crippen LogP contribution in [0.2, 0.25) is 5.02 Å². The van der Waals surface area contributed by atoms with E-state index in [0.29, 0.717) is 11.6 Å². The van der Waals surface area contributed by atoms with E-state index in [1.54, 1.807) is 12.4 Å². The van der Waals surface area contributed by atoms with Gasteiger partial charge in [-0.1, -0.05) is 17.7 Å². The molecule has 0 radical (unpaired) electrons. The van der Waals surface area contributed by atoms with E-state index >= 15 is 0 Å². The van der Waals surface area contributed by atoms with Crippen molar-refractivity contribution in [3.05, 3.63) is 59.5 Å². The number of hydrogen-bond donors (Lipinski definition) is 2. The Balaban J connectivity index is 2.10. The highest BCUT2D eigenvalue weighted by Crippen LogP contribution is 2.31. The van der Waals surface area contributed by atoms with Gasteiger partial charge in [-0.15, -0.1) is 0 Å². The molecule has 0 saturated heterocycles. The molecule has 0 atom stereocenters. The van der Waals surface area contributed by atoms with E-state index in [2.05, 4.69) is 15.2 Å². The van der Waals surface area contributed by atoms with E-state index in [4.69, 9.17) is 17.3 Å². The van der Waals surface area contributed by atoms with Crippen LogP contribution in [0.25, 0.3) is 22.4 Å². The molecule has 3 N–H and O–H groups in total. The molecule has 0 saturated carbocycles. The number of aromatic nitrogens is 3. The van der Waals surface area contributed by atoms with Gasteiger partial charge in [0, 0.05) is 41.3 Å². The van der Waals surface area contributed by atoms with Crippen LogP contribution < -0.4 is 5.73 Å². The second kappa shape index (κ2) is 5.45. The first-order valence-corrected chi connectivity index (χ1v) is 6.60. The van der Waals surface area contributed by atoms with Crippen molar-refractivity contribution >= 4 is 11.6 Å². The van der Waals surface area contributed by atoms with Crippen LogP contribution in [-0.2, 0) is 6.54 Å². The molecule has 0 unspecified atom stereocenters. The predicted octanol–water partition coefficient (Wildman–Crippen LogP) is 3.25. The second-order valence-corrected chi connectivity index (χ2v) is 4.80. The van der Waals surface area contributed by atoms with Gasteiger partial charge in [-0.2, -0.15) is 5.10 Å². The highest BCUT2D eigenvalue weighted by molar-refractivity contribution is 6.31. The molecule has 5 heteroatoms. The highest BCUT2D eigenvalue weighted by atomic mass is 35.5. The fourth-order valence-electron chi connectivity index (χ4n) is 2.14. The highest BCUT2D eigenvalue weighted by Gasteiger charge is 2.11. The van der Waals surface area contributed by atoms with Crippen molar-refractivity contribution in [1.29, 1.82) is 0 Å². The molecule has 0 fully saturated rings. The Labute approximate surface area is 121 Å². The molecule has 0 aliphatic carbocycles. The SMILES string of the molecule is NCc1cc(-c2n[nH]cc2-c2ccncc2)ccc1Cl. The lowest BCUT2D eigenvalue weighted by atomic mass is 10.0. The van der Waals surface area contributed by atoms with Gasteiger partial charge in [0.25, 0.3) is 0 Å². The smallest absolute Gasteiger partial charge is 0.0999 e. The number of nitrogens with one attached hydrogen (secondary N) is 1. The molecule has 3 rings (SSSR count). The van der Waals surface area contributed by atoms with Gasteiger partial charge in [-0.3, -0.25) is 10.1 Å². The van der Waals surface area contributed by atoms with E-state index in [9.17, 15) is 0 Å². The summed E-state index contributed by atoms with van der Waals surface area (Å²) in [4.78, 5) is 4.03. The van der Waals surface area contributed by atoms with Gasteiger partial charge in [0.15, 0.2) is 0 Å². The number of nitrogens with two attached hydrogens (primary N) is 1. The van der Waals surface area contributed by atoms with Crippen LogP contribution in [0.3, 0.4) is 0 Å². The summed E-state index contributed by atoms with van der Waals surface area (Å²) in [6.07, 6.45) is 5.40. The lowest BCUT2D eigenvalue weighted by Crippen LogP contribution is -1.97. The van der Waals surface area contributed by atoms with Crippen LogP contribution >= 0.6 is 11.6 Å². The first-order valence-electron chi connectivity index (χ1n) is 6.22. The third-order valence-electron chi connectivity index (χ3n) is 3.17. The van der Waals surface area contributed by atoms with Crippen molar-refractivity contribution in [3.8, 4) is 22.4 Å². The summed E-state index contributed by atoms with van der Waals surface area (Å²) >= 11 is 6.10. The Morgan fingerprint density at radius 1 is 1.10 bits per heavy atom. The first kappa shape index (κ1) is 12.8. The molecule has 3 aromatic rings. The van der Waals surface area contributed by atoms with Crippen molar-refractivity contribution < 1.29 is 0 Å². The zero-order valence-corrected chi connectivity index (χ0v) is 11.4. The van der Waals surface area contributed by atoms with Crippen molar-refractivity contribution in [2.24, 2.45) is 5.73 Å². The number of hydrogen-bond acceptors (Lipinski definition) is 3. The lowest BCUT2D eigenvalue weighted by Gasteiger charge is -2.06. The zero-order chi connectivity index (χ0) is 13.9. The van der Waals surface area contributed by atoms with Crippen molar-refractivity contribution in [3.63, 3.8) is 0 Å². The molecule has 20 heavy (non-hydrogen) atoms. The summed E-state index contributed by atoms with van der Waals surface area (Å²) in [5.41, 5.74) is 10.6. The van der Waals surface area contributed by atoms with Gasteiger partial charge < -0.3 is 5.73 Å². The Morgan fingerprint density at radius 2 is 1.90 bits per heavy atom.